The van der Waals surface area contributed by atoms with Crippen LogP contribution in [-0.2, 0) is 7.05 Å². The second-order valence-electron chi connectivity index (χ2n) is 9.03. The number of aromatic hydroxyl groups is 2. The smallest absolute Gasteiger partial charge is 0.265 e. The van der Waals surface area contributed by atoms with Crippen molar-refractivity contribution in [3.05, 3.63) is 112 Å². The van der Waals surface area contributed by atoms with Crippen LogP contribution >= 0.6 is 0 Å². The van der Waals surface area contributed by atoms with E-state index in [1.54, 1.807) is 42.5 Å². The SMILES string of the molecule is Cn1c(=O)c(C(=O)C[C@@H](Nc2ccc([NH+]([O-])O)cc2)c2c(O)ccc3ccccc23)c(O)c2ccccc21. The van der Waals surface area contributed by atoms with Crippen LogP contribution in [-0.4, -0.2) is 25.8 Å². The average molecular weight is 512 g/mol. The molecule has 0 amide bonds. The minimum atomic E-state index is -1.07. The van der Waals surface area contributed by atoms with Gasteiger partial charge in [-0.3, -0.25) is 9.59 Å². The molecule has 4 aromatic carbocycles. The normalized spacial score (nSPS) is 12.9. The molecule has 0 aliphatic heterocycles. The number of benzene rings is 4. The van der Waals surface area contributed by atoms with E-state index in [0.29, 0.717) is 27.5 Å². The van der Waals surface area contributed by atoms with Crippen LogP contribution < -0.4 is 16.1 Å². The van der Waals surface area contributed by atoms with Crippen LogP contribution in [0, 0.1) is 5.21 Å². The van der Waals surface area contributed by atoms with Crippen molar-refractivity contribution in [3.8, 4) is 11.5 Å². The Labute approximate surface area is 217 Å². The third-order valence-corrected chi connectivity index (χ3v) is 6.71. The van der Waals surface area contributed by atoms with Crippen LogP contribution in [0.3, 0.4) is 0 Å². The highest BCUT2D eigenvalue weighted by Crippen LogP contribution is 2.37. The number of quaternary nitrogens is 1. The monoisotopic (exact) mass is 511 g/mol. The van der Waals surface area contributed by atoms with Gasteiger partial charge < -0.3 is 25.3 Å². The second kappa shape index (κ2) is 9.98. The summed E-state index contributed by atoms with van der Waals surface area (Å²) in [6.07, 6.45) is -0.274. The largest absolute Gasteiger partial charge is 0.595 e. The first kappa shape index (κ1) is 25.0. The Bertz CT molecular complexity index is 1730. The molecular formula is C29H25N3O6. The van der Waals surface area contributed by atoms with Crippen LogP contribution in [0.25, 0.3) is 21.7 Å². The Morgan fingerprint density at radius 1 is 0.947 bits per heavy atom. The van der Waals surface area contributed by atoms with E-state index >= 15 is 0 Å². The number of aryl methyl sites for hydroxylation is 1. The number of carbonyl (C=O) groups is 1. The molecule has 1 heterocycles. The van der Waals surface area contributed by atoms with Crippen molar-refractivity contribution in [2.24, 2.45) is 7.05 Å². The fraction of sp³-hybridized carbons (Fsp3) is 0.103. The van der Waals surface area contributed by atoms with E-state index in [4.69, 9.17) is 0 Å². The summed E-state index contributed by atoms with van der Waals surface area (Å²) in [6.45, 7) is 0. The molecule has 5 rings (SSSR count). The molecule has 9 nitrogen and oxygen atoms in total. The van der Waals surface area contributed by atoms with Gasteiger partial charge in [0.15, 0.2) is 11.5 Å². The van der Waals surface area contributed by atoms with E-state index in [1.807, 2.05) is 24.3 Å². The maximum atomic E-state index is 13.7. The molecule has 5 N–H and O–H groups in total. The number of Topliss-reactive ketones (excluding diaryl/α,β-unsaturated/α-hetero) is 1. The number of carbonyl (C=O) groups excluding carboxylic acids is 1. The zero-order valence-electron chi connectivity index (χ0n) is 20.4. The number of phenols is 1. The van der Waals surface area contributed by atoms with Gasteiger partial charge >= 0.3 is 0 Å². The molecule has 0 aliphatic carbocycles. The number of rotatable bonds is 7. The zero-order chi connectivity index (χ0) is 27.0. The van der Waals surface area contributed by atoms with Crippen molar-refractivity contribution in [3.63, 3.8) is 0 Å². The highest BCUT2D eigenvalue weighted by molar-refractivity contribution is 6.04. The standard InChI is InChI=1S/C29H25N3O6/c1-31-23-9-5-4-8-21(23)28(35)27(29(31)36)25(34)16-22(30-18-11-13-19(14-12-18)32(37)38)26-20-7-3-2-6-17(20)10-15-24(26)33/h2-15,22,30,32-33,35,37H,16H2,1H3/t22-/m1/s1. The highest BCUT2D eigenvalue weighted by Gasteiger charge is 2.27. The predicted molar refractivity (Wildman–Crippen MR) is 144 cm³/mol. The number of fused-ring (bicyclic) bond motifs is 2. The molecule has 192 valence electrons. The molecule has 9 heteroatoms. The number of aromatic nitrogens is 1. The Balaban J connectivity index is 1.62. The zero-order valence-corrected chi connectivity index (χ0v) is 20.4. The summed E-state index contributed by atoms with van der Waals surface area (Å²) in [4.78, 5) is 26.8. The van der Waals surface area contributed by atoms with Crippen molar-refractivity contribution in [1.82, 2.24) is 4.57 Å². The van der Waals surface area contributed by atoms with Crippen LogP contribution in [0.5, 0.6) is 11.5 Å². The molecule has 0 saturated carbocycles. The van der Waals surface area contributed by atoms with Crippen molar-refractivity contribution >= 4 is 38.8 Å². The summed E-state index contributed by atoms with van der Waals surface area (Å²) >= 11 is 0. The number of phenolic OH excluding ortho intramolecular Hbond substituents is 1. The van der Waals surface area contributed by atoms with E-state index in [0.717, 1.165) is 5.39 Å². The van der Waals surface area contributed by atoms with Crippen molar-refractivity contribution in [1.29, 1.82) is 0 Å². The number of nitrogens with one attached hydrogen (secondary N) is 2. The van der Waals surface area contributed by atoms with Crippen molar-refractivity contribution in [2.45, 2.75) is 12.5 Å². The first-order valence-corrected chi connectivity index (χ1v) is 11.9. The van der Waals surface area contributed by atoms with E-state index in [2.05, 4.69) is 5.32 Å². The number of nitrogens with zero attached hydrogens (tertiary/aromatic N) is 1. The van der Waals surface area contributed by atoms with Crippen LogP contribution in [0.15, 0.2) is 89.7 Å². The van der Waals surface area contributed by atoms with Gasteiger partial charge in [0.05, 0.1) is 11.6 Å². The van der Waals surface area contributed by atoms with Gasteiger partial charge in [-0.2, -0.15) is 5.23 Å². The van der Waals surface area contributed by atoms with Gasteiger partial charge in [-0.1, -0.05) is 42.5 Å². The van der Waals surface area contributed by atoms with Crippen molar-refractivity contribution < 1.29 is 25.4 Å². The molecule has 0 saturated heterocycles. The highest BCUT2D eigenvalue weighted by atomic mass is 16.8. The van der Waals surface area contributed by atoms with E-state index in [1.165, 1.54) is 29.8 Å². The molecule has 0 fully saturated rings. The summed E-state index contributed by atoms with van der Waals surface area (Å²) in [5.74, 6) is -1.05. The molecule has 0 spiro atoms. The van der Waals surface area contributed by atoms with Gasteiger partial charge in [0.2, 0.25) is 0 Å². The van der Waals surface area contributed by atoms with Crippen molar-refractivity contribution in [2.75, 3.05) is 5.32 Å². The summed E-state index contributed by atoms with van der Waals surface area (Å²) in [5, 5.41) is 46.4. The summed E-state index contributed by atoms with van der Waals surface area (Å²) in [5.41, 5.74) is 0.579. The van der Waals surface area contributed by atoms with E-state index in [9.17, 15) is 30.2 Å². The first-order valence-electron chi connectivity index (χ1n) is 11.9. The Kier molecular flexibility index (Phi) is 6.56. The lowest BCUT2D eigenvalue weighted by Gasteiger charge is -2.23. The lowest BCUT2D eigenvalue weighted by atomic mass is 9.92. The number of pyridine rings is 1. The lowest BCUT2D eigenvalue weighted by Crippen LogP contribution is -2.99. The molecule has 5 aromatic rings. The minimum absolute atomic E-state index is 0.0493. The quantitative estimate of drug-likeness (QED) is 0.165. The molecule has 0 radical (unpaired) electrons. The fourth-order valence-electron chi connectivity index (χ4n) is 4.80. The minimum Gasteiger partial charge on any atom is -0.595 e. The first-order chi connectivity index (χ1) is 18.3. The summed E-state index contributed by atoms with van der Waals surface area (Å²) < 4.78 is 1.32. The van der Waals surface area contributed by atoms with Gasteiger partial charge in [0.1, 0.15) is 17.1 Å². The summed E-state index contributed by atoms with van der Waals surface area (Å²) in [6, 6.07) is 22.6. The van der Waals surface area contributed by atoms with Gasteiger partial charge in [-0.15, -0.1) is 0 Å². The van der Waals surface area contributed by atoms with Crippen LogP contribution in [0.1, 0.15) is 28.4 Å². The van der Waals surface area contributed by atoms with E-state index < -0.39 is 22.6 Å². The summed E-state index contributed by atoms with van der Waals surface area (Å²) in [7, 11) is 1.54. The second-order valence-corrected chi connectivity index (χ2v) is 9.03. The molecule has 0 aliphatic rings. The third kappa shape index (κ3) is 4.46. The Morgan fingerprint density at radius 3 is 2.32 bits per heavy atom. The number of anilines is 1. The molecule has 0 bridgehead atoms. The van der Waals surface area contributed by atoms with Gasteiger partial charge in [-0.05, 0) is 41.1 Å². The maximum Gasteiger partial charge on any atom is 0.265 e. The Morgan fingerprint density at radius 2 is 1.61 bits per heavy atom. The number of para-hydroxylation sites is 1. The predicted octanol–water partition coefficient (Wildman–Crippen LogP) is 3.93. The topological polar surface area (TPSA) is 139 Å². The molecule has 2 atom stereocenters. The van der Waals surface area contributed by atoms with Gasteiger partial charge in [-0.25, -0.2) is 5.21 Å². The molecule has 38 heavy (non-hydrogen) atoms. The lowest BCUT2D eigenvalue weighted by molar-refractivity contribution is -0.991. The number of ketones is 1. The fourth-order valence-corrected chi connectivity index (χ4v) is 4.80. The Hall–Kier alpha value is -4.70. The van der Waals surface area contributed by atoms with E-state index in [-0.39, 0.29) is 29.2 Å². The number of hydrogen-bond donors (Lipinski definition) is 5. The third-order valence-electron chi connectivity index (χ3n) is 6.71. The van der Waals surface area contributed by atoms with Crippen LogP contribution in [0.4, 0.5) is 11.4 Å². The number of hydrogen-bond acceptors (Lipinski definition) is 7. The van der Waals surface area contributed by atoms with Gasteiger partial charge in [0.25, 0.3) is 5.56 Å². The average Bonchev–Trinajstić information content (AvgIpc) is 2.92. The van der Waals surface area contributed by atoms with Gasteiger partial charge in [0, 0.05) is 42.2 Å². The molecule has 1 unspecified atom stereocenters. The maximum absolute atomic E-state index is 13.7. The molecule has 1 aromatic heterocycles. The van der Waals surface area contributed by atoms with Crippen LogP contribution in [0.2, 0.25) is 0 Å². The molecular weight excluding hydrogens is 486 g/mol.